The number of carbonyl (C=O) groups excluding carboxylic acids is 1. The molecule has 0 spiro atoms. The number of hydrogen-bond acceptors (Lipinski definition) is 4. The van der Waals surface area contributed by atoms with E-state index in [2.05, 4.69) is 26.0 Å². The van der Waals surface area contributed by atoms with Crippen molar-refractivity contribution in [1.82, 2.24) is 19.6 Å². The molecule has 4 heterocycles. The van der Waals surface area contributed by atoms with Crippen LogP contribution in [0, 0.1) is 5.95 Å². The van der Waals surface area contributed by atoms with Crippen LogP contribution in [0.3, 0.4) is 0 Å². The van der Waals surface area contributed by atoms with E-state index in [0.717, 1.165) is 32.4 Å². The number of hydrazine groups is 1. The molecule has 0 aliphatic carbocycles. The highest BCUT2D eigenvalue weighted by Gasteiger charge is 2.29. The third-order valence-electron chi connectivity index (χ3n) is 5.35. The number of nitrogens with zero attached hydrogens (tertiary/aromatic N) is 5. The molecule has 0 fully saturated rings. The van der Waals surface area contributed by atoms with Crippen molar-refractivity contribution in [2.45, 2.75) is 6.42 Å². The second-order valence-corrected chi connectivity index (χ2v) is 8.03. The van der Waals surface area contributed by atoms with Crippen LogP contribution in [0.25, 0.3) is 16.6 Å². The quantitative estimate of drug-likeness (QED) is 0.413. The topological polar surface area (TPSA) is 53.7 Å². The van der Waals surface area contributed by atoms with Crippen molar-refractivity contribution in [1.29, 1.82) is 0 Å². The van der Waals surface area contributed by atoms with Crippen molar-refractivity contribution in [2.24, 2.45) is 0 Å². The maximum Gasteiger partial charge on any atom is 0.292 e. The molecule has 30 heavy (non-hydrogen) atoms. The summed E-state index contributed by atoms with van der Waals surface area (Å²) in [6, 6.07) is 14.7. The summed E-state index contributed by atoms with van der Waals surface area (Å²) < 4.78 is 16.2. The fourth-order valence-electron chi connectivity index (χ4n) is 3.91. The number of aromatic nitrogens is 3. The lowest BCUT2D eigenvalue weighted by atomic mass is 9.95. The summed E-state index contributed by atoms with van der Waals surface area (Å²) in [7, 11) is 1.86. The standard InChI is InChI=1S/C22H17BrFN5O/c1-27-20-4-2-3-17(14-7-9-25-21(24)11-14)18(20)8-10-29(27)22(30)19-12-16-6-5-15(23)13-28(16)26-19/h2-7,9,11-13H,8,10H2,1H3. The first-order valence-corrected chi connectivity index (χ1v) is 10.2. The zero-order chi connectivity index (χ0) is 20.8. The van der Waals surface area contributed by atoms with Crippen LogP contribution in [-0.4, -0.2) is 39.1 Å². The SMILES string of the molecule is CN1c2cccc(-c3ccnc(F)c3)c2CCN1C(=O)c1cc2ccc(Br)cn2n1. The van der Waals surface area contributed by atoms with Gasteiger partial charge in [0.25, 0.3) is 5.91 Å². The molecule has 0 unspecified atom stereocenters. The predicted octanol–water partition coefficient (Wildman–Crippen LogP) is 4.35. The number of anilines is 1. The fourth-order valence-corrected chi connectivity index (χ4v) is 4.24. The monoisotopic (exact) mass is 465 g/mol. The summed E-state index contributed by atoms with van der Waals surface area (Å²) in [6.45, 7) is 0.504. The van der Waals surface area contributed by atoms with Crippen molar-refractivity contribution in [2.75, 3.05) is 18.6 Å². The molecule has 1 aliphatic rings. The van der Waals surface area contributed by atoms with E-state index in [1.807, 2.05) is 48.6 Å². The van der Waals surface area contributed by atoms with Crippen molar-refractivity contribution >= 4 is 33.0 Å². The number of rotatable bonds is 2. The molecule has 5 rings (SSSR count). The molecule has 1 aromatic carbocycles. The van der Waals surface area contributed by atoms with Crippen LogP contribution in [-0.2, 0) is 6.42 Å². The lowest BCUT2D eigenvalue weighted by Gasteiger charge is -2.39. The summed E-state index contributed by atoms with van der Waals surface area (Å²) in [4.78, 5) is 16.9. The highest BCUT2D eigenvalue weighted by atomic mass is 79.9. The Morgan fingerprint density at radius 1 is 1.17 bits per heavy atom. The third-order valence-corrected chi connectivity index (χ3v) is 5.82. The zero-order valence-corrected chi connectivity index (χ0v) is 17.7. The molecular formula is C22H17BrFN5O. The van der Waals surface area contributed by atoms with Gasteiger partial charge in [-0.2, -0.15) is 9.49 Å². The van der Waals surface area contributed by atoms with Gasteiger partial charge < -0.3 is 0 Å². The summed E-state index contributed by atoms with van der Waals surface area (Å²) >= 11 is 3.42. The molecule has 0 atom stereocenters. The molecule has 150 valence electrons. The first kappa shape index (κ1) is 18.7. The van der Waals surface area contributed by atoms with Crippen LogP contribution in [0.15, 0.2) is 65.4 Å². The second kappa shape index (κ2) is 7.21. The van der Waals surface area contributed by atoms with Gasteiger partial charge in [0.15, 0.2) is 5.69 Å². The van der Waals surface area contributed by atoms with E-state index in [-0.39, 0.29) is 5.91 Å². The predicted molar refractivity (Wildman–Crippen MR) is 116 cm³/mol. The van der Waals surface area contributed by atoms with E-state index < -0.39 is 5.95 Å². The molecular weight excluding hydrogens is 449 g/mol. The molecule has 4 aromatic rings. The van der Waals surface area contributed by atoms with Crippen LogP contribution in [0.1, 0.15) is 16.1 Å². The minimum Gasteiger partial charge on any atom is -0.285 e. The average Bonchev–Trinajstić information content (AvgIpc) is 3.16. The van der Waals surface area contributed by atoms with E-state index in [1.54, 1.807) is 21.7 Å². The number of pyridine rings is 2. The lowest BCUT2D eigenvalue weighted by Crippen LogP contribution is -2.48. The van der Waals surface area contributed by atoms with Gasteiger partial charge >= 0.3 is 0 Å². The number of halogens is 2. The van der Waals surface area contributed by atoms with Crippen LogP contribution < -0.4 is 5.01 Å². The van der Waals surface area contributed by atoms with E-state index in [9.17, 15) is 9.18 Å². The summed E-state index contributed by atoms with van der Waals surface area (Å²) in [5.41, 5.74) is 4.95. The molecule has 8 heteroatoms. The second-order valence-electron chi connectivity index (χ2n) is 7.12. The minimum absolute atomic E-state index is 0.164. The van der Waals surface area contributed by atoms with E-state index in [1.165, 1.54) is 12.3 Å². The summed E-state index contributed by atoms with van der Waals surface area (Å²) in [5.74, 6) is -0.673. The number of benzene rings is 1. The highest BCUT2D eigenvalue weighted by molar-refractivity contribution is 9.10. The van der Waals surface area contributed by atoms with Crippen LogP contribution >= 0.6 is 15.9 Å². The molecule has 6 nitrogen and oxygen atoms in total. The molecule has 1 aliphatic heterocycles. The molecule has 0 radical (unpaired) electrons. The Bertz CT molecular complexity index is 1290. The smallest absolute Gasteiger partial charge is 0.285 e. The Hall–Kier alpha value is -3.26. The van der Waals surface area contributed by atoms with Crippen LogP contribution in [0.2, 0.25) is 0 Å². The summed E-state index contributed by atoms with van der Waals surface area (Å²) in [6.07, 6.45) is 3.94. The van der Waals surface area contributed by atoms with Gasteiger partial charge in [-0.15, -0.1) is 0 Å². The van der Waals surface area contributed by atoms with E-state index in [4.69, 9.17) is 0 Å². The van der Waals surface area contributed by atoms with E-state index in [0.29, 0.717) is 18.7 Å². The van der Waals surface area contributed by atoms with Crippen molar-refractivity contribution in [3.8, 4) is 11.1 Å². The molecule has 0 bridgehead atoms. The van der Waals surface area contributed by atoms with Crippen molar-refractivity contribution in [3.05, 3.63) is 82.6 Å². The Morgan fingerprint density at radius 2 is 2.03 bits per heavy atom. The largest absolute Gasteiger partial charge is 0.292 e. The van der Waals surface area contributed by atoms with Gasteiger partial charge in [-0.05, 0) is 69.4 Å². The van der Waals surface area contributed by atoms with Gasteiger partial charge in [0.05, 0.1) is 11.2 Å². The number of hydrogen-bond donors (Lipinski definition) is 0. The van der Waals surface area contributed by atoms with Gasteiger partial charge in [0.1, 0.15) is 0 Å². The normalized spacial score (nSPS) is 13.6. The molecule has 0 N–H and O–H groups in total. The first-order chi connectivity index (χ1) is 14.5. The van der Waals surface area contributed by atoms with Gasteiger partial charge in [0, 0.05) is 36.5 Å². The van der Waals surface area contributed by atoms with E-state index >= 15 is 0 Å². The maximum absolute atomic E-state index is 13.6. The average molecular weight is 466 g/mol. The molecule has 0 saturated heterocycles. The Labute approximate surface area is 180 Å². The van der Waals surface area contributed by atoms with Crippen molar-refractivity contribution < 1.29 is 9.18 Å². The molecule has 3 aromatic heterocycles. The molecule has 0 saturated carbocycles. The Kier molecular flexibility index (Phi) is 4.51. The zero-order valence-electron chi connectivity index (χ0n) is 16.1. The van der Waals surface area contributed by atoms with Crippen LogP contribution in [0.4, 0.5) is 10.1 Å². The minimum atomic E-state index is -0.510. The van der Waals surface area contributed by atoms with Gasteiger partial charge in [0.2, 0.25) is 5.95 Å². The Balaban J connectivity index is 1.49. The number of fused-ring (bicyclic) bond motifs is 2. The first-order valence-electron chi connectivity index (χ1n) is 9.45. The summed E-state index contributed by atoms with van der Waals surface area (Å²) in [5, 5.41) is 7.97. The van der Waals surface area contributed by atoms with Gasteiger partial charge in [-0.3, -0.25) is 9.80 Å². The maximum atomic E-state index is 13.6. The number of carbonyl (C=O) groups is 1. The highest BCUT2D eigenvalue weighted by Crippen LogP contribution is 2.35. The molecule has 1 amide bonds. The third kappa shape index (κ3) is 3.13. The fraction of sp³-hybridized carbons (Fsp3) is 0.136. The van der Waals surface area contributed by atoms with Gasteiger partial charge in [-0.25, -0.2) is 14.5 Å². The lowest BCUT2D eigenvalue weighted by molar-refractivity contribution is 0.0732. The Morgan fingerprint density at radius 3 is 2.87 bits per heavy atom. The van der Waals surface area contributed by atoms with Gasteiger partial charge in [-0.1, -0.05) is 12.1 Å². The van der Waals surface area contributed by atoms with Crippen molar-refractivity contribution in [3.63, 3.8) is 0 Å². The van der Waals surface area contributed by atoms with Crippen LogP contribution in [0.5, 0.6) is 0 Å². The number of amides is 1.